The van der Waals surface area contributed by atoms with Crippen molar-refractivity contribution >= 4 is 18.4 Å². The van der Waals surface area contributed by atoms with Gasteiger partial charge in [-0.25, -0.2) is 4.39 Å². The Kier molecular flexibility index (Phi) is 4.30. The lowest BCUT2D eigenvalue weighted by molar-refractivity contribution is -0.137. The lowest BCUT2D eigenvalue weighted by Gasteiger charge is -2.06. The average molecular weight is 310 g/mol. The van der Waals surface area contributed by atoms with Gasteiger partial charge in [-0.1, -0.05) is 24.3 Å². The van der Waals surface area contributed by atoms with Crippen molar-refractivity contribution in [1.82, 2.24) is 0 Å². The first-order valence-electron chi connectivity index (χ1n) is 6.14. The van der Waals surface area contributed by atoms with E-state index in [1.54, 1.807) is 0 Å². The van der Waals surface area contributed by atoms with Crippen LogP contribution in [0.3, 0.4) is 0 Å². The van der Waals surface area contributed by atoms with Crippen LogP contribution >= 0.6 is 0 Å². The first-order valence-corrected chi connectivity index (χ1v) is 6.14. The van der Waals surface area contributed by atoms with E-state index in [1.165, 1.54) is 30.4 Å². The number of aromatic hydroxyl groups is 1. The standard InChI is InChI=1S/C16H10F4O2/c17-14-8-11(6-12(9-21)15(14)22)5-4-10-2-1-3-13(7-10)16(18,19)20/h1-9,22H/b5-4+. The number of halogens is 4. The molecule has 0 aliphatic heterocycles. The summed E-state index contributed by atoms with van der Waals surface area (Å²) < 4.78 is 51.1. The SMILES string of the molecule is O=Cc1cc(/C=C/c2cccc(C(F)(F)F)c2)cc(F)c1O. The molecule has 0 saturated heterocycles. The normalized spacial score (nSPS) is 11.8. The minimum Gasteiger partial charge on any atom is -0.504 e. The predicted molar refractivity (Wildman–Crippen MR) is 73.8 cm³/mol. The molecule has 0 radical (unpaired) electrons. The Hall–Kier alpha value is -2.63. The molecule has 0 bridgehead atoms. The molecule has 0 aromatic heterocycles. The van der Waals surface area contributed by atoms with Crippen LogP contribution in [0.15, 0.2) is 36.4 Å². The summed E-state index contributed by atoms with van der Waals surface area (Å²) in [5.74, 6) is -1.74. The molecule has 2 nitrogen and oxygen atoms in total. The number of hydrogen-bond donors (Lipinski definition) is 1. The summed E-state index contributed by atoms with van der Waals surface area (Å²) in [4.78, 5) is 10.7. The number of hydrogen-bond acceptors (Lipinski definition) is 2. The van der Waals surface area contributed by atoms with E-state index in [9.17, 15) is 27.5 Å². The van der Waals surface area contributed by atoms with Crippen LogP contribution in [0.2, 0.25) is 0 Å². The fourth-order valence-electron chi connectivity index (χ4n) is 1.84. The summed E-state index contributed by atoms with van der Waals surface area (Å²) >= 11 is 0. The Labute approximate surface area is 123 Å². The second-order valence-electron chi connectivity index (χ2n) is 4.51. The maximum absolute atomic E-state index is 13.4. The van der Waals surface area contributed by atoms with E-state index in [2.05, 4.69) is 0 Å². The molecular formula is C16H10F4O2. The highest BCUT2D eigenvalue weighted by Gasteiger charge is 2.30. The molecule has 0 amide bonds. The molecule has 0 atom stereocenters. The number of benzene rings is 2. The van der Waals surface area contributed by atoms with Gasteiger partial charge in [0.2, 0.25) is 0 Å². The van der Waals surface area contributed by atoms with Crippen LogP contribution in [0.25, 0.3) is 12.2 Å². The first kappa shape index (κ1) is 15.8. The molecule has 0 heterocycles. The number of phenols is 1. The van der Waals surface area contributed by atoms with Gasteiger partial charge in [0.1, 0.15) is 0 Å². The molecule has 2 aromatic carbocycles. The summed E-state index contributed by atoms with van der Waals surface area (Å²) in [6.07, 6.45) is -1.44. The highest BCUT2D eigenvalue weighted by atomic mass is 19.4. The van der Waals surface area contributed by atoms with Crippen molar-refractivity contribution in [3.63, 3.8) is 0 Å². The molecule has 1 N–H and O–H groups in total. The molecule has 114 valence electrons. The van der Waals surface area contributed by atoms with E-state index in [1.807, 2.05) is 0 Å². The van der Waals surface area contributed by atoms with Crippen molar-refractivity contribution in [2.75, 3.05) is 0 Å². The maximum atomic E-state index is 13.4. The van der Waals surface area contributed by atoms with Gasteiger partial charge in [0, 0.05) is 0 Å². The van der Waals surface area contributed by atoms with Gasteiger partial charge in [-0.15, -0.1) is 0 Å². The van der Waals surface area contributed by atoms with Gasteiger partial charge >= 0.3 is 6.18 Å². The van der Waals surface area contributed by atoms with E-state index in [4.69, 9.17) is 0 Å². The molecule has 0 saturated carbocycles. The Morgan fingerprint density at radius 3 is 2.32 bits per heavy atom. The fourth-order valence-corrected chi connectivity index (χ4v) is 1.84. The summed E-state index contributed by atoms with van der Waals surface area (Å²) in [5.41, 5.74) is -0.505. The van der Waals surface area contributed by atoms with E-state index in [-0.39, 0.29) is 16.7 Å². The molecule has 6 heteroatoms. The van der Waals surface area contributed by atoms with Crippen molar-refractivity contribution < 1.29 is 27.5 Å². The zero-order valence-corrected chi connectivity index (χ0v) is 11.1. The third-order valence-electron chi connectivity index (χ3n) is 2.92. The molecule has 22 heavy (non-hydrogen) atoms. The molecule has 2 aromatic rings. The molecule has 0 fully saturated rings. The highest BCUT2D eigenvalue weighted by Crippen LogP contribution is 2.30. The summed E-state index contributed by atoms with van der Waals surface area (Å²) in [6.45, 7) is 0. The molecule has 0 aliphatic rings. The molecule has 2 rings (SSSR count). The van der Waals surface area contributed by atoms with Gasteiger partial charge in [-0.3, -0.25) is 4.79 Å². The minimum absolute atomic E-state index is 0.233. The van der Waals surface area contributed by atoms with Crippen LogP contribution < -0.4 is 0 Å². The van der Waals surface area contributed by atoms with Gasteiger partial charge in [-0.2, -0.15) is 13.2 Å². The predicted octanol–water partition coefficient (Wildman–Crippen LogP) is 4.53. The largest absolute Gasteiger partial charge is 0.504 e. The van der Waals surface area contributed by atoms with Crippen LogP contribution in [0.1, 0.15) is 27.0 Å². The lowest BCUT2D eigenvalue weighted by Crippen LogP contribution is -2.04. The first-order chi connectivity index (χ1) is 10.3. The second kappa shape index (κ2) is 6.01. The Morgan fingerprint density at radius 1 is 1.00 bits per heavy atom. The van der Waals surface area contributed by atoms with Crippen LogP contribution in [0, 0.1) is 5.82 Å². The Morgan fingerprint density at radius 2 is 1.68 bits per heavy atom. The number of carbonyl (C=O) groups is 1. The van der Waals surface area contributed by atoms with Gasteiger partial charge in [0.05, 0.1) is 11.1 Å². The zero-order chi connectivity index (χ0) is 16.3. The summed E-state index contributed by atoms with van der Waals surface area (Å²) in [5, 5.41) is 9.28. The number of phenolic OH excluding ortho intramolecular Hbond substituents is 1. The summed E-state index contributed by atoms with van der Waals surface area (Å²) in [6, 6.07) is 6.83. The molecular weight excluding hydrogens is 300 g/mol. The smallest absolute Gasteiger partial charge is 0.416 e. The number of alkyl halides is 3. The zero-order valence-electron chi connectivity index (χ0n) is 11.1. The van der Waals surface area contributed by atoms with E-state index in [0.717, 1.165) is 18.2 Å². The van der Waals surface area contributed by atoms with Crippen molar-refractivity contribution in [2.24, 2.45) is 0 Å². The average Bonchev–Trinajstić information content (AvgIpc) is 2.47. The third-order valence-corrected chi connectivity index (χ3v) is 2.92. The van der Waals surface area contributed by atoms with Gasteiger partial charge in [0.25, 0.3) is 0 Å². The quantitative estimate of drug-likeness (QED) is 0.513. The second-order valence-corrected chi connectivity index (χ2v) is 4.51. The summed E-state index contributed by atoms with van der Waals surface area (Å²) in [7, 11) is 0. The van der Waals surface area contributed by atoms with Crippen LogP contribution in [0.4, 0.5) is 17.6 Å². The van der Waals surface area contributed by atoms with Gasteiger partial charge in [-0.05, 0) is 35.4 Å². The van der Waals surface area contributed by atoms with Crippen LogP contribution in [-0.4, -0.2) is 11.4 Å². The topological polar surface area (TPSA) is 37.3 Å². The third kappa shape index (κ3) is 3.52. The fraction of sp³-hybridized carbons (Fsp3) is 0.0625. The highest BCUT2D eigenvalue weighted by molar-refractivity contribution is 5.82. The van der Waals surface area contributed by atoms with Crippen LogP contribution in [-0.2, 0) is 6.18 Å². The number of aldehydes is 1. The molecule has 0 unspecified atom stereocenters. The lowest BCUT2D eigenvalue weighted by atomic mass is 10.1. The van der Waals surface area contributed by atoms with Crippen molar-refractivity contribution in [2.45, 2.75) is 6.18 Å². The Bertz CT molecular complexity index is 733. The molecule has 0 spiro atoms. The van der Waals surface area contributed by atoms with E-state index >= 15 is 0 Å². The Balaban J connectivity index is 2.33. The number of rotatable bonds is 3. The van der Waals surface area contributed by atoms with Crippen LogP contribution in [0.5, 0.6) is 5.75 Å². The monoisotopic (exact) mass is 310 g/mol. The van der Waals surface area contributed by atoms with Gasteiger partial charge in [0.15, 0.2) is 17.9 Å². The van der Waals surface area contributed by atoms with E-state index in [0.29, 0.717) is 6.29 Å². The minimum atomic E-state index is -4.45. The van der Waals surface area contributed by atoms with Crippen molar-refractivity contribution in [1.29, 1.82) is 0 Å². The van der Waals surface area contributed by atoms with Crippen molar-refractivity contribution in [3.05, 3.63) is 64.5 Å². The molecule has 0 aliphatic carbocycles. The van der Waals surface area contributed by atoms with Crippen molar-refractivity contribution in [3.8, 4) is 5.75 Å². The van der Waals surface area contributed by atoms with E-state index < -0.39 is 23.3 Å². The number of carbonyl (C=O) groups excluding carboxylic acids is 1. The van der Waals surface area contributed by atoms with Gasteiger partial charge < -0.3 is 5.11 Å². The maximum Gasteiger partial charge on any atom is 0.416 e.